The number of carbonyl (C=O) groups excluding carboxylic acids is 1. The lowest BCUT2D eigenvalue weighted by atomic mass is 10.1. The Labute approximate surface area is 82.4 Å². The highest BCUT2D eigenvalue weighted by atomic mass is 16.4. The van der Waals surface area contributed by atoms with E-state index in [9.17, 15) is 9.59 Å². The van der Waals surface area contributed by atoms with Gasteiger partial charge in [0, 0.05) is 12.0 Å². The van der Waals surface area contributed by atoms with Crippen LogP contribution in [0.3, 0.4) is 0 Å². The molecule has 0 atom stereocenters. The summed E-state index contributed by atoms with van der Waals surface area (Å²) in [4.78, 5) is 20.6. The molecule has 1 aromatic rings. The third-order valence-corrected chi connectivity index (χ3v) is 1.97. The number of hydrogen-bond donors (Lipinski definition) is 1. The molecule has 0 fully saturated rings. The lowest BCUT2D eigenvalue weighted by Crippen LogP contribution is -1.95. The Morgan fingerprint density at radius 2 is 1.93 bits per heavy atom. The van der Waals surface area contributed by atoms with Gasteiger partial charge in [-0.25, -0.2) is 0 Å². The maximum absolute atomic E-state index is 10.3. The summed E-state index contributed by atoms with van der Waals surface area (Å²) in [6, 6.07) is 7.18. The van der Waals surface area contributed by atoms with Gasteiger partial charge in [0.2, 0.25) is 0 Å². The third kappa shape index (κ3) is 3.39. The number of hydrogen-bond acceptors (Lipinski definition) is 2. The van der Waals surface area contributed by atoms with Gasteiger partial charge < -0.3 is 5.11 Å². The molecule has 14 heavy (non-hydrogen) atoms. The molecule has 0 unspecified atom stereocenters. The Morgan fingerprint density at radius 1 is 1.29 bits per heavy atom. The van der Waals surface area contributed by atoms with Crippen LogP contribution in [0.2, 0.25) is 0 Å². The van der Waals surface area contributed by atoms with Crippen LogP contribution in [0.5, 0.6) is 0 Å². The number of carboxylic acids is 1. The van der Waals surface area contributed by atoms with E-state index < -0.39 is 5.97 Å². The Kier molecular flexibility index (Phi) is 3.85. The van der Waals surface area contributed by atoms with E-state index in [4.69, 9.17) is 5.11 Å². The molecule has 0 heterocycles. The zero-order valence-corrected chi connectivity index (χ0v) is 7.77. The van der Waals surface area contributed by atoms with Crippen LogP contribution < -0.4 is 0 Å². The molecule has 0 aromatic heterocycles. The van der Waals surface area contributed by atoms with Crippen molar-refractivity contribution in [3.05, 3.63) is 35.4 Å². The lowest BCUT2D eigenvalue weighted by Gasteiger charge is -1.99. The second-order valence-corrected chi connectivity index (χ2v) is 3.11. The molecule has 0 aliphatic rings. The van der Waals surface area contributed by atoms with E-state index in [0.717, 1.165) is 18.3 Å². The number of aldehydes is 1. The highest BCUT2D eigenvalue weighted by Gasteiger charge is 1.98. The van der Waals surface area contributed by atoms with E-state index in [-0.39, 0.29) is 6.42 Å². The maximum atomic E-state index is 10.3. The van der Waals surface area contributed by atoms with Crippen molar-refractivity contribution in [2.24, 2.45) is 0 Å². The maximum Gasteiger partial charge on any atom is 0.303 e. The molecule has 74 valence electrons. The first-order chi connectivity index (χ1) is 6.72. The Balaban J connectivity index is 2.43. The summed E-state index contributed by atoms with van der Waals surface area (Å²) in [5, 5.41) is 8.43. The fourth-order valence-electron chi connectivity index (χ4n) is 1.21. The van der Waals surface area contributed by atoms with Crippen LogP contribution in [0.25, 0.3) is 0 Å². The molecule has 0 bridgehead atoms. The molecule has 0 saturated carbocycles. The first kappa shape index (κ1) is 10.4. The summed E-state index contributed by atoms with van der Waals surface area (Å²) in [6.07, 6.45) is 2.36. The smallest absolute Gasteiger partial charge is 0.303 e. The van der Waals surface area contributed by atoms with E-state index in [0.29, 0.717) is 12.0 Å². The first-order valence-corrected chi connectivity index (χ1v) is 4.48. The van der Waals surface area contributed by atoms with Gasteiger partial charge in [-0.05, 0) is 18.4 Å². The van der Waals surface area contributed by atoms with E-state index in [2.05, 4.69) is 0 Å². The Hall–Kier alpha value is -1.64. The van der Waals surface area contributed by atoms with Crippen molar-refractivity contribution >= 4 is 12.3 Å². The van der Waals surface area contributed by atoms with Crippen molar-refractivity contribution in [1.82, 2.24) is 0 Å². The second-order valence-electron chi connectivity index (χ2n) is 3.11. The summed E-state index contributed by atoms with van der Waals surface area (Å²) < 4.78 is 0. The van der Waals surface area contributed by atoms with Crippen LogP contribution in [0, 0.1) is 0 Å². The fourth-order valence-corrected chi connectivity index (χ4v) is 1.21. The van der Waals surface area contributed by atoms with Crippen molar-refractivity contribution in [3.8, 4) is 0 Å². The summed E-state index contributed by atoms with van der Waals surface area (Å²) in [5.41, 5.74) is 1.71. The average molecular weight is 192 g/mol. The predicted molar refractivity (Wildman–Crippen MR) is 52.4 cm³/mol. The van der Waals surface area contributed by atoms with Crippen molar-refractivity contribution < 1.29 is 14.7 Å². The molecule has 0 saturated heterocycles. The molecule has 3 nitrogen and oxygen atoms in total. The van der Waals surface area contributed by atoms with Gasteiger partial charge in [0.15, 0.2) is 0 Å². The molecule has 1 aromatic carbocycles. The Bertz CT molecular complexity index is 314. The summed E-state index contributed by atoms with van der Waals surface area (Å²) in [5.74, 6) is -0.769. The van der Waals surface area contributed by atoms with Crippen molar-refractivity contribution in [2.45, 2.75) is 19.3 Å². The van der Waals surface area contributed by atoms with Crippen LogP contribution in [0.1, 0.15) is 28.8 Å². The topological polar surface area (TPSA) is 54.4 Å². The summed E-state index contributed by atoms with van der Waals surface area (Å²) >= 11 is 0. The van der Waals surface area contributed by atoms with Crippen molar-refractivity contribution in [2.75, 3.05) is 0 Å². The van der Waals surface area contributed by atoms with E-state index in [1.54, 1.807) is 12.1 Å². The third-order valence-electron chi connectivity index (χ3n) is 1.97. The minimum atomic E-state index is -0.769. The van der Waals surface area contributed by atoms with Crippen molar-refractivity contribution in [1.29, 1.82) is 0 Å². The number of aliphatic carboxylic acids is 1. The van der Waals surface area contributed by atoms with Crippen LogP contribution >= 0.6 is 0 Å². The van der Waals surface area contributed by atoms with Gasteiger partial charge in [-0.3, -0.25) is 9.59 Å². The second kappa shape index (κ2) is 5.17. The van der Waals surface area contributed by atoms with Gasteiger partial charge in [-0.2, -0.15) is 0 Å². The SMILES string of the molecule is O=Cc1ccc(CCCC(=O)O)cc1. The molecule has 1 N–H and O–H groups in total. The van der Waals surface area contributed by atoms with Gasteiger partial charge in [-0.1, -0.05) is 24.3 Å². The van der Waals surface area contributed by atoms with Crippen LogP contribution in [0.4, 0.5) is 0 Å². The van der Waals surface area contributed by atoms with Gasteiger partial charge in [-0.15, -0.1) is 0 Å². The zero-order valence-electron chi connectivity index (χ0n) is 7.77. The van der Waals surface area contributed by atoms with E-state index in [1.807, 2.05) is 12.1 Å². The fraction of sp³-hybridized carbons (Fsp3) is 0.273. The van der Waals surface area contributed by atoms with Gasteiger partial charge in [0.05, 0.1) is 0 Å². The van der Waals surface area contributed by atoms with E-state index in [1.165, 1.54) is 0 Å². The molecular weight excluding hydrogens is 180 g/mol. The largest absolute Gasteiger partial charge is 0.481 e. The van der Waals surface area contributed by atoms with E-state index >= 15 is 0 Å². The van der Waals surface area contributed by atoms with Gasteiger partial charge in [0.1, 0.15) is 6.29 Å². The van der Waals surface area contributed by atoms with Gasteiger partial charge >= 0.3 is 5.97 Å². The molecule has 0 aliphatic carbocycles. The van der Waals surface area contributed by atoms with Crippen LogP contribution in [-0.4, -0.2) is 17.4 Å². The number of aryl methyl sites for hydroxylation is 1. The van der Waals surface area contributed by atoms with Crippen LogP contribution in [0.15, 0.2) is 24.3 Å². The number of rotatable bonds is 5. The van der Waals surface area contributed by atoms with Crippen molar-refractivity contribution in [3.63, 3.8) is 0 Å². The minimum Gasteiger partial charge on any atom is -0.481 e. The lowest BCUT2D eigenvalue weighted by molar-refractivity contribution is -0.137. The zero-order chi connectivity index (χ0) is 10.4. The highest BCUT2D eigenvalue weighted by Crippen LogP contribution is 2.06. The Morgan fingerprint density at radius 3 is 2.43 bits per heavy atom. The normalized spacial score (nSPS) is 9.71. The molecule has 1 rings (SSSR count). The molecule has 0 spiro atoms. The highest BCUT2D eigenvalue weighted by molar-refractivity contribution is 5.74. The van der Waals surface area contributed by atoms with Crippen LogP contribution in [-0.2, 0) is 11.2 Å². The average Bonchev–Trinajstić information content (AvgIpc) is 2.18. The summed E-state index contributed by atoms with van der Waals surface area (Å²) in [7, 11) is 0. The number of benzene rings is 1. The molecule has 3 heteroatoms. The predicted octanol–water partition coefficient (Wildman–Crippen LogP) is 1.91. The quantitative estimate of drug-likeness (QED) is 0.725. The minimum absolute atomic E-state index is 0.190. The molecular formula is C11H12O3. The number of carboxylic acid groups (broad SMARTS) is 1. The number of carbonyl (C=O) groups is 2. The summed E-state index contributed by atoms with van der Waals surface area (Å²) in [6.45, 7) is 0. The molecule has 0 radical (unpaired) electrons. The standard InChI is InChI=1S/C11H12O3/c12-8-10-6-4-9(5-7-10)2-1-3-11(13)14/h4-8H,1-3H2,(H,13,14). The monoisotopic (exact) mass is 192 g/mol. The molecule has 0 amide bonds. The molecule has 0 aliphatic heterocycles. The van der Waals surface area contributed by atoms with Gasteiger partial charge in [0.25, 0.3) is 0 Å². The first-order valence-electron chi connectivity index (χ1n) is 4.48.